The number of hydrogen-bond donors (Lipinski definition) is 1. The van der Waals surface area contributed by atoms with Crippen LogP contribution in [0.1, 0.15) is 39.0 Å². The second kappa shape index (κ2) is 5.04. The smallest absolute Gasteiger partial charge is 0.120 e. The number of ether oxygens (including phenoxy) is 2. The lowest BCUT2D eigenvalue weighted by Gasteiger charge is -2.52. The third-order valence-electron chi connectivity index (χ3n) is 4.80. The monoisotopic (exact) mass is 261 g/mol. The molecule has 3 heteroatoms. The molecule has 0 aromatic heterocycles. The summed E-state index contributed by atoms with van der Waals surface area (Å²) in [5.74, 6) is 1.84. The van der Waals surface area contributed by atoms with Crippen molar-refractivity contribution in [3.05, 3.63) is 24.3 Å². The molecular formula is C16H23NO2. The normalized spacial score (nSPS) is 28.1. The van der Waals surface area contributed by atoms with Gasteiger partial charge in [-0.05, 0) is 44.0 Å². The number of hydrogen-bond acceptors (Lipinski definition) is 3. The van der Waals surface area contributed by atoms with Crippen molar-refractivity contribution in [2.45, 2.75) is 51.2 Å². The summed E-state index contributed by atoms with van der Waals surface area (Å²) in [5.41, 5.74) is 6.49. The molecule has 2 aliphatic rings. The average Bonchev–Trinajstić information content (AvgIpc) is 2.93. The lowest BCUT2D eigenvalue weighted by Crippen LogP contribution is -2.62. The van der Waals surface area contributed by atoms with Crippen LogP contribution in [0.25, 0.3) is 0 Å². The van der Waals surface area contributed by atoms with Gasteiger partial charge in [-0.15, -0.1) is 0 Å². The fraction of sp³-hybridized carbons (Fsp3) is 0.625. The van der Waals surface area contributed by atoms with Crippen molar-refractivity contribution in [1.82, 2.24) is 0 Å². The molecule has 0 saturated heterocycles. The molecule has 0 bridgehead atoms. The van der Waals surface area contributed by atoms with Gasteiger partial charge in [-0.3, -0.25) is 0 Å². The zero-order valence-electron chi connectivity index (χ0n) is 11.6. The molecule has 0 radical (unpaired) electrons. The highest BCUT2D eigenvalue weighted by Crippen LogP contribution is 2.53. The number of nitrogens with two attached hydrogens (primary N) is 1. The summed E-state index contributed by atoms with van der Waals surface area (Å²) in [7, 11) is 0. The van der Waals surface area contributed by atoms with E-state index in [0.717, 1.165) is 17.9 Å². The SMILES string of the molecule is CCOc1ccc(OC2CC(N)C23CCCC3)cc1. The van der Waals surface area contributed by atoms with E-state index in [2.05, 4.69) is 0 Å². The van der Waals surface area contributed by atoms with Crippen LogP contribution in [0.15, 0.2) is 24.3 Å². The minimum Gasteiger partial charge on any atom is -0.494 e. The molecule has 2 N–H and O–H groups in total. The Labute approximate surface area is 115 Å². The number of rotatable bonds is 4. The summed E-state index contributed by atoms with van der Waals surface area (Å²) < 4.78 is 11.6. The fourth-order valence-electron chi connectivity index (χ4n) is 3.62. The van der Waals surface area contributed by atoms with E-state index in [-0.39, 0.29) is 5.41 Å². The van der Waals surface area contributed by atoms with E-state index in [1.165, 1.54) is 25.7 Å². The van der Waals surface area contributed by atoms with Gasteiger partial charge in [0, 0.05) is 17.9 Å². The van der Waals surface area contributed by atoms with Gasteiger partial charge in [0.15, 0.2) is 0 Å². The van der Waals surface area contributed by atoms with E-state index in [9.17, 15) is 0 Å². The molecule has 0 aliphatic heterocycles. The van der Waals surface area contributed by atoms with Crippen LogP contribution in [0.3, 0.4) is 0 Å². The Morgan fingerprint density at radius 3 is 2.37 bits per heavy atom. The lowest BCUT2D eigenvalue weighted by molar-refractivity contribution is -0.0620. The van der Waals surface area contributed by atoms with Crippen LogP contribution in [0.5, 0.6) is 11.5 Å². The van der Waals surface area contributed by atoms with Crippen LogP contribution in [0.2, 0.25) is 0 Å². The van der Waals surface area contributed by atoms with Crippen molar-refractivity contribution in [3.8, 4) is 11.5 Å². The first-order valence-corrected chi connectivity index (χ1v) is 7.40. The minimum atomic E-state index is 0.262. The third-order valence-corrected chi connectivity index (χ3v) is 4.80. The van der Waals surface area contributed by atoms with Crippen LogP contribution in [-0.4, -0.2) is 18.8 Å². The third kappa shape index (κ3) is 2.20. The highest BCUT2D eigenvalue weighted by atomic mass is 16.5. The van der Waals surface area contributed by atoms with Crippen LogP contribution in [-0.2, 0) is 0 Å². The summed E-state index contributed by atoms with van der Waals surface area (Å²) in [6.07, 6.45) is 6.37. The summed E-state index contributed by atoms with van der Waals surface area (Å²) in [4.78, 5) is 0. The molecule has 1 spiro atoms. The average molecular weight is 261 g/mol. The van der Waals surface area contributed by atoms with E-state index < -0.39 is 0 Å². The van der Waals surface area contributed by atoms with Gasteiger partial charge in [0.1, 0.15) is 17.6 Å². The standard InChI is InChI=1S/C16H23NO2/c1-2-18-12-5-7-13(8-6-12)19-15-11-14(17)16(15)9-3-4-10-16/h5-8,14-15H,2-4,9-11,17H2,1H3. The molecule has 19 heavy (non-hydrogen) atoms. The van der Waals surface area contributed by atoms with E-state index in [1.54, 1.807) is 0 Å². The second-order valence-corrected chi connectivity index (χ2v) is 5.79. The van der Waals surface area contributed by atoms with Crippen LogP contribution in [0, 0.1) is 5.41 Å². The first-order valence-electron chi connectivity index (χ1n) is 7.40. The molecule has 1 aromatic carbocycles. The molecule has 2 fully saturated rings. The summed E-state index contributed by atoms with van der Waals surface area (Å²) in [6, 6.07) is 8.27. The van der Waals surface area contributed by atoms with Gasteiger partial charge < -0.3 is 15.2 Å². The first kappa shape index (κ1) is 12.8. The Kier molecular flexibility index (Phi) is 3.40. The largest absolute Gasteiger partial charge is 0.494 e. The quantitative estimate of drug-likeness (QED) is 0.905. The maximum absolute atomic E-state index is 6.23. The van der Waals surface area contributed by atoms with E-state index in [1.807, 2.05) is 31.2 Å². The minimum absolute atomic E-state index is 0.262. The van der Waals surface area contributed by atoms with Gasteiger partial charge in [-0.2, -0.15) is 0 Å². The molecule has 0 amide bonds. The predicted molar refractivity (Wildman–Crippen MR) is 75.5 cm³/mol. The van der Waals surface area contributed by atoms with E-state index in [0.29, 0.717) is 18.8 Å². The summed E-state index contributed by atoms with van der Waals surface area (Å²) >= 11 is 0. The van der Waals surface area contributed by atoms with Gasteiger partial charge in [-0.25, -0.2) is 0 Å². The predicted octanol–water partition coefficient (Wildman–Crippen LogP) is 3.12. The Hall–Kier alpha value is -1.22. The van der Waals surface area contributed by atoms with Gasteiger partial charge in [0.25, 0.3) is 0 Å². The van der Waals surface area contributed by atoms with Gasteiger partial charge in [-0.1, -0.05) is 12.8 Å². The van der Waals surface area contributed by atoms with Gasteiger partial charge in [0.2, 0.25) is 0 Å². The van der Waals surface area contributed by atoms with Crippen molar-refractivity contribution < 1.29 is 9.47 Å². The van der Waals surface area contributed by atoms with Crippen molar-refractivity contribution in [1.29, 1.82) is 0 Å². The molecule has 2 aliphatic carbocycles. The highest BCUT2D eigenvalue weighted by molar-refractivity contribution is 5.32. The Morgan fingerprint density at radius 2 is 1.79 bits per heavy atom. The van der Waals surface area contributed by atoms with Crippen LogP contribution >= 0.6 is 0 Å². The van der Waals surface area contributed by atoms with Crippen molar-refractivity contribution in [3.63, 3.8) is 0 Å². The molecule has 104 valence electrons. The Balaban J connectivity index is 1.65. The van der Waals surface area contributed by atoms with Gasteiger partial charge >= 0.3 is 0 Å². The van der Waals surface area contributed by atoms with Crippen molar-refractivity contribution in [2.24, 2.45) is 11.1 Å². The van der Waals surface area contributed by atoms with Crippen LogP contribution < -0.4 is 15.2 Å². The Morgan fingerprint density at radius 1 is 1.16 bits per heavy atom. The molecular weight excluding hydrogens is 238 g/mol. The highest BCUT2D eigenvalue weighted by Gasteiger charge is 2.55. The van der Waals surface area contributed by atoms with Crippen LogP contribution in [0.4, 0.5) is 0 Å². The van der Waals surface area contributed by atoms with Gasteiger partial charge in [0.05, 0.1) is 6.61 Å². The Bertz CT molecular complexity index is 423. The summed E-state index contributed by atoms with van der Waals surface area (Å²) in [5, 5.41) is 0. The van der Waals surface area contributed by atoms with Crippen molar-refractivity contribution >= 4 is 0 Å². The molecule has 2 saturated carbocycles. The van der Waals surface area contributed by atoms with Crippen molar-refractivity contribution in [2.75, 3.05) is 6.61 Å². The second-order valence-electron chi connectivity index (χ2n) is 5.79. The molecule has 2 unspecified atom stereocenters. The molecule has 1 aromatic rings. The number of benzene rings is 1. The van der Waals surface area contributed by atoms with E-state index in [4.69, 9.17) is 15.2 Å². The maximum Gasteiger partial charge on any atom is 0.120 e. The zero-order chi connectivity index (χ0) is 13.3. The van der Waals surface area contributed by atoms with E-state index >= 15 is 0 Å². The zero-order valence-corrected chi connectivity index (χ0v) is 11.6. The molecule has 0 heterocycles. The fourth-order valence-corrected chi connectivity index (χ4v) is 3.62. The summed E-state index contributed by atoms with van der Waals surface area (Å²) in [6.45, 7) is 2.69. The maximum atomic E-state index is 6.23. The lowest BCUT2D eigenvalue weighted by atomic mass is 9.61. The molecule has 3 nitrogen and oxygen atoms in total. The molecule has 2 atom stereocenters. The first-order chi connectivity index (χ1) is 9.24. The topological polar surface area (TPSA) is 44.5 Å². The molecule has 3 rings (SSSR count).